The van der Waals surface area contributed by atoms with Gasteiger partial charge in [-0.1, -0.05) is 12.1 Å². The molecule has 10 heteroatoms. The molecular formula is C30H35N9O. The Morgan fingerprint density at radius 3 is 2.60 bits per heavy atom. The number of imidazole rings is 1. The zero-order valence-corrected chi connectivity index (χ0v) is 23.0. The number of H-pyrrole nitrogens is 1. The van der Waals surface area contributed by atoms with E-state index in [0.717, 1.165) is 52.4 Å². The summed E-state index contributed by atoms with van der Waals surface area (Å²) in [5.74, 6) is 2.02. The molecule has 5 heterocycles. The molecule has 2 saturated heterocycles. The summed E-state index contributed by atoms with van der Waals surface area (Å²) in [6.45, 7) is 6.83. The van der Waals surface area contributed by atoms with Crippen LogP contribution in [0, 0.1) is 0 Å². The number of piperidine rings is 1. The van der Waals surface area contributed by atoms with E-state index in [0.29, 0.717) is 12.0 Å². The quantitative estimate of drug-likeness (QED) is 0.332. The number of piperazine rings is 1. The summed E-state index contributed by atoms with van der Waals surface area (Å²) in [5, 5.41) is 4.34. The van der Waals surface area contributed by atoms with Crippen LogP contribution < -0.4 is 15.0 Å². The topological polar surface area (TPSA) is 90.4 Å². The van der Waals surface area contributed by atoms with Crippen LogP contribution in [0.15, 0.2) is 61.1 Å². The zero-order valence-electron chi connectivity index (χ0n) is 23.0. The Bertz CT molecular complexity index is 1630. The number of nitrogens with one attached hydrogen (secondary N) is 2. The van der Waals surface area contributed by atoms with Crippen LogP contribution in [0.25, 0.3) is 27.9 Å². The molecule has 2 aliphatic heterocycles. The number of benzene rings is 2. The summed E-state index contributed by atoms with van der Waals surface area (Å²) in [5.41, 5.74) is 4.68. The minimum absolute atomic E-state index is 0.488. The van der Waals surface area contributed by atoms with E-state index in [9.17, 15) is 0 Å². The number of para-hydroxylation sites is 2. The van der Waals surface area contributed by atoms with Gasteiger partial charge in [0.25, 0.3) is 0 Å². The van der Waals surface area contributed by atoms with Gasteiger partial charge in [-0.15, -0.1) is 0 Å². The number of hydrogen-bond acceptors (Lipinski definition) is 8. The molecule has 0 saturated carbocycles. The maximum absolute atomic E-state index is 5.83. The fourth-order valence-corrected chi connectivity index (χ4v) is 6.07. The second-order valence-corrected chi connectivity index (χ2v) is 10.8. The first kappa shape index (κ1) is 24.9. The van der Waals surface area contributed by atoms with Crippen LogP contribution in [-0.2, 0) is 0 Å². The van der Waals surface area contributed by atoms with Gasteiger partial charge in [0, 0.05) is 63.3 Å². The maximum Gasteiger partial charge on any atom is 0.231 e. The average molecular weight is 538 g/mol. The number of ether oxygens (including phenoxy) is 1. The van der Waals surface area contributed by atoms with Crippen LogP contribution in [0.2, 0.25) is 0 Å². The van der Waals surface area contributed by atoms with E-state index in [-0.39, 0.29) is 0 Å². The van der Waals surface area contributed by atoms with Crippen molar-refractivity contribution in [2.24, 2.45) is 0 Å². The van der Waals surface area contributed by atoms with E-state index in [4.69, 9.17) is 14.7 Å². The largest absolute Gasteiger partial charge is 0.494 e. The first-order valence-corrected chi connectivity index (χ1v) is 14.1. The maximum atomic E-state index is 5.83. The molecule has 0 radical (unpaired) electrons. The number of nitrogens with zero attached hydrogens (tertiary/aromatic N) is 7. The van der Waals surface area contributed by atoms with Gasteiger partial charge >= 0.3 is 0 Å². The van der Waals surface area contributed by atoms with Crippen molar-refractivity contribution in [1.82, 2.24) is 34.3 Å². The number of methoxy groups -OCH3 is 1. The van der Waals surface area contributed by atoms with E-state index in [2.05, 4.69) is 55.2 Å². The number of likely N-dealkylation sites (N-methyl/N-ethyl adjacent to an activating group) is 1. The van der Waals surface area contributed by atoms with E-state index in [1.165, 1.54) is 44.7 Å². The number of aromatic nitrogens is 5. The smallest absolute Gasteiger partial charge is 0.231 e. The Balaban J connectivity index is 1.11. The Hall–Kier alpha value is -4.15. The van der Waals surface area contributed by atoms with Crippen LogP contribution in [0.1, 0.15) is 12.8 Å². The minimum atomic E-state index is 0.488. The fourth-order valence-electron chi connectivity index (χ4n) is 6.07. The number of aromatic amines is 1. The highest BCUT2D eigenvalue weighted by Gasteiger charge is 2.27. The lowest BCUT2D eigenvalue weighted by atomic mass is 10.0. The number of hydrogen-bond donors (Lipinski definition) is 2. The standard InChI is InChI=1S/C30H35N9O/c1-36-15-17-38(18-16-36)21-10-13-37(14-11-21)22-7-8-25(27(19-22)40-2)33-30-34-28-23(9-12-31-28)29(35-30)39-20-32-24-5-3-4-6-26(24)39/h3-9,12,19-21H,10-11,13-18H2,1-2H3,(H2,31,33,34,35). The second-order valence-electron chi connectivity index (χ2n) is 10.8. The predicted octanol–water partition coefficient (Wildman–Crippen LogP) is 4.27. The summed E-state index contributed by atoms with van der Waals surface area (Å²) >= 11 is 0. The van der Waals surface area contributed by atoms with Crippen LogP contribution in [0.3, 0.4) is 0 Å². The predicted molar refractivity (Wildman–Crippen MR) is 159 cm³/mol. The minimum Gasteiger partial charge on any atom is -0.494 e. The molecule has 5 aromatic rings. The second kappa shape index (κ2) is 10.4. The van der Waals surface area contributed by atoms with Crippen molar-refractivity contribution in [3.05, 3.63) is 61.1 Å². The molecule has 0 spiro atoms. The lowest BCUT2D eigenvalue weighted by molar-refractivity contribution is 0.0982. The molecule has 2 aromatic carbocycles. The Morgan fingerprint density at radius 1 is 0.950 bits per heavy atom. The molecule has 2 aliphatic rings. The van der Waals surface area contributed by atoms with Crippen molar-refractivity contribution in [2.45, 2.75) is 18.9 Å². The van der Waals surface area contributed by atoms with Gasteiger partial charge in [-0.3, -0.25) is 9.47 Å². The summed E-state index contributed by atoms with van der Waals surface area (Å²) in [7, 11) is 3.93. The molecule has 2 N–H and O–H groups in total. The zero-order chi connectivity index (χ0) is 27.1. The van der Waals surface area contributed by atoms with Crippen molar-refractivity contribution in [2.75, 3.05) is 63.6 Å². The normalized spacial score (nSPS) is 17.6. The van der Waals surface area contributed by atoms with Crippen LogP contribution in [0.5, 0.6) is 5.75 Å². The van der Waals surface area contributed by atoms with E-state index in [1.54, 1.807) is 7.11 Å². The fraction of sp³-hybridized carbons (Fsp3) is 0.367. The summed E-state index contributed by atoms with van der Waals surface area (Å²) in [4.78, 5) is 25.0. The van der Waals surface area contributed by atoms with Gasteiger partial charge in [0.2, 0.25) is 5.95 Å². The van der Waals surface area contributed by atoms with Gasteiger partial charge in [0.05, 0.1) is 29.2 Å². The molecule has 7 rings (SSSR count). The molecule has 2 fully saturated rings. The summed E-state index contributed by atoms with van der Waals surface area (Å²) < 4.78 is 7.83. The molecule has 40 heavy (non-hydrogen) atoms. The van der Waals surface area contributed by atoms with Crippen molar-refractivity contribution in [3.8, 4) is 11.6 Å². The molecule has 0 unspecified atom stereocenters. The van der Waals surface area contributed by atoms with E-state index in [1.807, 2.05) is 47.4 Å². The number of rotatable bonds is 6. The van der Waals surface area contributed by atoms with Gasteiger partial charge in [-0.05, 0) is 50.2 Å². The van der Waals surface area contributed by atoms with Gasteiger partial charge in [0.1, 0.15) is 17.7 Å². The highest BCUT2D eigenvalue weighted by Crippen LogP contribution is 2.34. The van der Waals surface area contributed by atoms with Crippen molar-refractivity contribution in [1.29, 1.82) is 0 Å². The molecule has 0 aliphatic carbocycles. The Labute approximate surface area is 233 Å². The van der Waals surface area contributed by atoms with Crippen LogP contribution in [-0.4, -0.2) is 93.8 Å². The third-order valence-corrected chi connectivity index (χ3v) is 8.39. The monoisotopic (exact) mass is 537 g/mol. The summed E-state index contributed by atoms with van der Waals surface area (Å²) in [6.07, 6.45) is 6.09. The van der Waals surface area contributed by atoms with Gasteiger partial charge in [-0.2, -0.15) is 9.97 Å². The third kappa shape index (κ3) is 4.63. The van der Waals surface area contributed by atoms with E-state index >= 15 is 0 Å². The molecule has 3 aromatic heterocycles. The average Bonchev–Trinajstić information content (AvgIpc) is 3.65. The van der Waals surface area contributed by atoms with Gasteiger partial charge < -0.3 is 24.8 Å². The lowest BCUT2D eigenvalue weighted by Crippen LogP contribution is -2.52. The molecule has 0 amide bonds. The highest BCUT2D eigenvalue weighted by molar-refractivity contribution is 5.88. The van der Waals surface area contributed by atoms with Gasteiger partial charge in [-0.25, -0.2) is 4.98 Å². The first-order chi connectivity index (χ1) is 19.7. The first-order valence-electron chi connectivity index (χ1n) is 14.1. The van der Waals surface area contributed by atoms with Crippen molar-refractivity contribution >= 4 is 39.4 Å². The van der Waals surface area contributed by atoms with Crippen molar-refractivity contribution in [3.63, 3.8) is 0 Å². The third-order valence-electron chi connectivity index (χ3n) is 8.39. The van der Waals surface area contributed by atoms with Crippen molar-refractivity contribution < 1.29 is 4.74 Å². The number of anilines is 3. The lowest BCUT2D eigenvalue weighted by Gasteiger charge is -2.42. The highest BCUT2D eigenvalue weighted by atomic mass is 16.5. The molecule has 0 atom stereocenters. The molecule has 0 bridgehead atoms. The van der Waals surface area contributed by atoms with E-state index < -0.39 is 0 Å². The number of fused-ring (bicyclic) bond motifs is 2. The molecule has 10 nitrogen and oxygen atoms in total. The van der Waals surface area contributed by atoms with Crippen LogP contribution in [0.4, 0.5) is 17.3 Å². The van der Waals surface area contributed by atoms with Gasteiger partial charge in [0.15, 0.2) is 5.82 Å². The molecule has 206 valence electrons. The summed E-state index contributed by atoms with van der Waals surface area (Å²) in [6, 6.07) is 17.1. The Morgan fingerprint density at radius 2 is 1.77 bits per heavy atom. The molecular weight excluding hydrogens is 502 g/mol. The van der Waals surface area contributed by atoms with Crippen LogP contribution >= 0.6 is 0 Å². The Kier molecular flexibility index (Phi) is 6.49. The SMILES string of the molecule is COc1cc(N2CCC(N3CCN(C)CC3)CC2)ccc1Nc1nc(-n2cnc3ccccc32)c2cc[nH]c2n1.